The van der Waals surface area contributed by atoms with Gasteiger partial charge in [0.25, 0.3) is 5.69 Å². The number of allylic oxidation sites excluding steroid dienone is 1. The predicted octanol–water partition coefficient (Wildman–Crippen LogP) is 5.96. The molecule has 9 heteroatoms. The van der Waals surface area contributed by atoms with E-state index in [2.05, 4.69) is 27.0 Å². The van der Waals surface area contributed by atoms with Gasteiger partial charge >= 0.3 is 5.63 Å². The highest BCUT2D eigenvalue weighted by atomic mass is 79.9. The van der Waals surface area contributed by atoms with Gasteiger partial charge < -0.3 is 4.42 Å². The smallest absolute Gasteiger partial charge is 0.345 e. The molecule has 2 heterocycles. The van der Waals surface area contributed by atoms with Gasteiger partial charge in [0, 0.05) is 26.9 Å². The molecule has 31 heavy (non-hydrogen) atoms. The maximum absolute atomic E-state index is 12.4. The molecular formula is C22H12BrN3O4S. The summed E-state index contributed by atoms with van der Waals surface area (Å²) in [5.41, 5.74) is 1.89. The number of halogens is 1. The third kappa shape index (κ3) is 4.17. The van der Waals surface area contributed by atoms with Crippen LogP contribution in [-0.2, 0) is 0 Å². The largest absolute Gasteiger partial charge is 0.422 e. The van der Waals surface area contributed by atoms with E-state index >= 15 is 0 Å². The van der Waals surface area contributed by atoms with Crippen LogP contribution in [0.5, 0.6) is 0 Å². The van der Waals surface area contributed by atoms with E-state index in [-0.39, 0.29) is 16.8 Å². The van der Waals surface area contributed by atoms with Crippen LogP contribution in [0.3, 0.4) is 0 Å². The van der Waals surface area contributed by atoms with Crippen LogP contribution >= 0.6 is 27.3 Å². The van der Waals surface area contributed by atoms with Crippen molar-refractivity contribution in [1.82, 2.24) is 4.98 Å². The summed E-state index contributed by atoms with van der Waals surface area (Å²) in [6.07, 6.45) is 1.54. The average Bonchev–Trinajstić information content (AvgIpc) is 3.22. The quantitative estimate of drug-likeness (QED) is 0.150. The number of nitriles is 1. The summed E-state index contributed by atoms with van der Waals surface area (Å²) >= 11 is 4.60. The van der Waals surface area contributed by atoms with Crippen molar-refractivity contribution in [2.45, 2.75) is 6.92 Å². The molecule has 0 saturated heterocycles. The second kappa shape index (κ2) is 8.26. The Hall–Kier alpha value is -3.61. The Kier molecular flexibility index (Phi) is 5.50. The van der Waals surface area contributed by atoms with Gasteiger partial charge in [-0.25, -0.2) is 9.78 Å². The van der Waals surface area contributed by atoms with E-state index in [0.717, 1.165) is 9.86 Å². The number of fused-ring (bicyclic) bond motifs is 1. The normalized spacial score (nSPS) is 11.5. The first kappa shape index (κ1) is 20.7. The van der Waals surface area contributed by atoms with Crippen molar-refractivity contribution in [3.63, 3.8) is 0 Å². The molecule has 4 aromatic rings. The van der Waals surface area contributed by atoms with Crippen molar-refractivity contribution in [1.29, 1.82) is 5.26 Å². The van der Waals surface area contributed by atoms with E-state index in [4.69, 9.17) is 4.42 Å². The van der Waals surface area contributed by atoms with Gasteiger partial charge in [-0.2, -0.15) is 5.26 Å². The molecule has 0 aliphatic rings. The lowest BCUT2D eigenvalue weighted by atomic mass is 10.1. The molecule has 0 aliphatic carbocycles. The SMILES string of the molecule is Cc1ccc(/C=C(/C#N)c2nc(-c3cc4cc(Br)ccc4oc3=O)cs2)cc1[N+](=O)[O-]. The Balaban J connectivity index is 1.75. The van der Waals surface area contributed by atoms with Gasteiger partial charge in [-0.05, 0) is 42.8 Å². The van der Waals surface area contributed by atoms with Crippen LogP contribution < -0.4 is 5.63 Å². The number of hydrogen-bond acceptors (Lipinski definition) is 7. The van der Waals surface area contributed by atoms with E-state index < -0.39 is 10.5 Å². The summed E-state index contributed by atoms with van der Waals surface area (Å²) in [7, 11) is 0. The van der Waals surface area contributed by atoms with E-state index in [0.29, 0.717) is 27.4 Å². The van der Waals surface area contributed by atoms with Crippen LogP contribution in [0.2, 0.25) is 0 Å². The third-order valence-electron chi connectivity index (χ3n) is 4.57. The predicted molar refractivity (Wildman–Crippen MR) is 123 cm³/mol. The molecule has 0 atom stereocenters. The molecule has 7 nitrogen and oxygen atoms in total. The minimum atomic E-state index is -0.525. The fraction of sp³-hybridized carbons (Fsp3) is 0.0455. The molecule has 0 saturated carbocycles. The fourth-order valence-corrected chi connectivity index (χ4v) is 4.18. The lowest BCUT2D eigenvalue weighted by Gasteiger charge is -2.01. The molecule has 2 aromatic heterocycles. The van der Waals surface area contributed by atoms with Gasteiger partial charge in [0.2, 0.25) is 0 Å². The molecule has 4 rings (SSSR count). The molecule has 0 fully saturated rings. The number of aryl methyl sites for hydroxylation is 1. The topological polar surface area (TPSA) is 110 Å². The van der Waals surface area contributed by atoms with E-state index in [1.807, 2.05) is 6.07 Å². The zero-order chi connectivity index (χ0) is 22.1. The van der Waals surface area contributed by atoms with Gasteiger partial charge in [0.15, 0.2) is 0 Å². The third-order valence-corrected chi connectivity index (χ3v) is 5.93. The first-order valence-corrected chi connectivity index (χ1v) is 10.6. The second-order valence-electron chi connectivity index (χ2n) is 6.64. The molecule has 0 radical (unpaired) electrons. The van der Waals surface area contributed by atoms with Crippen LogP contribution in [0.4, 0.5) is 5.69 Å². The average molecular weight is 494 g/mol. The zero-order valence-corrected chi connectivity index (χ0v) is 18.4. The molecule has 0 unspecified atom stereocenters. The summed E-state index contributed by atoms with van der Waals surface area (Å²) in [4.78, 5) is 27.6. The van der Waals surface area contributed by atoms with E-state index in [1.54, 1.807) is 42.6 Å². The Labute approximate surface area is 188 Å². The minimum absolute atomic E-state index is 0.0224. The Morgan fingerprint density at radius 3 is 2.84 bits per heavy atom. The highest BCUT2D eigenvalue weighted by molar-refractivity contribution is 9.10. The molecule has 2 aromatic carbocycles. The lowest BCUT2D eigenvalue weighted by molar-refractivity contribution is -0.385. The molecular weight excluding hydrogens is 482 g/mol. The number of nitro groups is 1. The monoisotopic (exact) mass is 493 g/mol. The molecule has 0 N–H and O–H groups in total. The van der Waals surface area contributed by atoms with Crippen molar-refractivity contribution in [2.75, 3.05) is 0 Å². The summed E-state index contributed by atoms with van der Waals surface area (Å²) in [5, 5.41) is 23.6. The van der Waals surface area contributed by atoms with Gasteiger partial charge in [0.05, 0.1) is 21.8 Å². The maximum atomic E-state index is 12.4. The minimum Gasteiger partial charge on any atom is -0.422 e. The second-order valence-corrected chi connectivity index (χ2v) is 8.41. The maximum Gasteiger partial charge on any atom is 0.345 e. The fourth-order valence-electron chi connectivity index (χ4n) is 3.02. The van der Waals surface area contributed by atoms with E-state index in [9.17, 15) is 20.2 Å². The molecule has 0 aliphatic heterocycles. The van der Waals surface area contributed by atoms with Crippen LogP contribution in [0.15, 0.2) is 61.5 Å². The van der Waals surface area contributed by atoms with Gasteiger partial charge in [-0.15, -0.1) is 11.3 Å². The van der Waals surface area contributed by atoms with Crippen LogP contribution in [0.25, 0.3) is 33.9 Å². The van der Waals surface area contributed by atoms with Crippen LogP contribution in [-0.4, -0.2) is 9.91 Å². The molecule has 0 spiro atoms. The van der Waals surface area contributed by atoms with Crippen molar-refractivity contribution >= 4 is 55.6 Å². The van der Waals surface area contributed by atoms with Crippen LogP contribution in [0, 0.1) is 28.4 Å². The number of nitrogens with zero attached hydrogens (tertiary/aromatic N) is 3. The number of rotatable bonds is 4. The standard InChI is InChI=1S/C22H12BrN3O4S/c1-12-2-3-13(7-19(12)26(28)29)6-15(10-24)21-25-18(11-31-21)17-9-14-8-16(23)4-5-20(14)30-22(17)27/h2-9,11H,1H3/b15-6-. The Morgan fingerprint density at radius 2 is 2.10 bits per heavy atom. The first-order valence-electron chi connectivity index (χ1n) is 8.92. The Morgan fingerprint density at radius 1 is 1.29 bits per heavy atom. The van der Waals surface area contributed by atoms with Crippen molar-refractivity contribution in [3.05, 3.63) is 89.0 Å². The Bertz CT molecular complexity index is 1480. The van der Waals surface area contributed by atoms with Gasteiger partial charge in [-0.3, -0.25) is 10.1 Å². The van der Waals surface area contributed by atoms with Crippen molar-refractivity contribution in [2.24, 2.45) is 0 Å². The number of aromatic nitrogens is 1. The van der Waals surface area contributed by atoms with E-state index in [1.165, 1.54) is 23.5 Å². The molecule has 152 valence electrons. The number of thiazole rings is 1. The number of nitro benzene ring substituents is 1. The highest BCUT2D eigenvalue weighted by Crippen LogP contribution is 2.29. The van der Waals surface area contributed by atoms with Gasteiger partial charge in [0.1, 0.15) is 16.7 Å². The summed E-state index contributed by atoms with van der Waals surface area (Å²) in [6.45, 7) is 1.65. The number of benzene rings is 2. The van der Waals surface area contributed by atoms with Crippen LogP contribution in [0.1, 0.15) is 16.1 Å². The zero-order valence-electron chi connectivity index (χ0n) is 16.0. The highest BCUT2D eigenvalue weighted by Gasteiger charge is 2.15. The summed E-state index contributed by atoms with van der Waals surface area (Å²) < 4.78 is 6.23. The number of hydrogen-bond donors (Lipinski definition) is 0. The lowest BCUT2D eigenvalue weighted by Crippen LogP contribution is -2.02. The summed E-state index contributed by atoms with van der Waals surface area (Å²) in [6, 6.07) is 13.8. The molecule has 0 bridgehead atoms. The van der Waals surface area contributed by atoms with Gasteiger partial charge in [-0.1, -0.05) is 28.1 Å². The van der Waals surface area contributed by atoms with Crippen molar-refractivity contribution < 1.29 is 9.34 Å². The van der Waals surface area contributed by atoms with Crippen molar-refractivity contribution in [3.8, 4) is 17.3 Å². The first-order chi connectivity index (χ1) is 14.9. The summed E-state index contributed by atoms with van der Waals surface area (Å²) in [5.74, 6) is 0. The molecule has 0 amide bonds.